The highest BCUT2D eigenvalue weighted by molar-refractivity contribution is 7.99. The summed E-state index contributed by atoms with van der Waals surface area (Å²) in [4.78, 5) is 10.9. The summed E-state index contributed by atoms with van der Waals surface area (Å²) in [5, 5.41) is 23.8. The molecule has 0 amide bonds. The van der Waals surface area contributed by atoms with Crippen LogP contribution in [0.4, 0.5) is 0 Å². The SMILES string of the molecule is CCSC1CCCC1NCC1(O)CCC(C(=O)O)CC1. The first-order valence-corrected chi connectivity index (χ1v) is 8.89. The van der Waals surface area contributed by atoms with Crippen molar-refractivity contribution in [3.63, 3.8) is 0 Å². The molecule has 0 spiro atoms. The van der Waals surface area contributed by atoms with E-state index in [9.17, 15) is 9.90 Å². The highest BCUT2D eigenvalue weighted by Crippen LogP contribution is 2.34. The molecule has 0 saturated heterocycles. The predicted molar refractivity (Wildman–Crippen MR) is 82.1 cm³/mol. The van der Waals surface area contributed by atoms with E-state index in [1.807, 2.05) is 11.8 Å². The minimum Gasteiger partial charge on any atom is -0.481 e. The Bertz CT molecular complexity index is 329. The lowest BCUT2D eigenvalue weighted by molar-refractivity contribution is -0.144. The molecular formula is C15H27NO3S. The largest absolute Gasteiger partial charge is 0.481 e. The maximum Gasteiger partial charge on any atom is 0.306 e. The van der Waals surface area contributed by atoms with Crippen LogP contribution in [0, 0.1) is 5.92 Å². The summed E-state index contributed by atoms with van der Waals surface area (Å²) in [5.74, 6) is 0.174. The van der Waals surface area contributed by atoms with Crippen LogP contribution in [0.5, 0.6) is 0 Å². The number of nitrogens with one attached hydrogen (secondary N) is 1. The topological polar surface area (TPSA) is 69.6 Å². The van der Waals surface area contributed by atoms with Crippen LogP contribution < -0.4 is 5.32 Å². The molecule has 2 rings (SSSR count). The van der Waals surface area contributed by atoms with E-state index < -0.39 is 11.6 Å². The Labute approximate surface area is 125 Å². The number of rotatable bonds is 6. The Kier molecular flexibility index (Phi) is 5.75. The molecule has 2 atom stereocenters. The highest BCUT2D eigenvalue weighted by atomic mass is 32.2. The van der Waals surface area contributed by atoms with Gasteiger partial charge in [-0.3, -0.25) is 4.79 Å². The molecule has 5 heteroatoms. The monoisotopic (exact) mass is 301 g/mol. The zero-order chi connectivity index (χ0) is 14.6. The molecule has 20 heavy (non-hydrogen) atoms. The van der Waals surface area contributed by atoms with Gasteiger partial charge >= 0.3 is 5.97 Å². The second-order valence-electron chi connectivity index (χ2n) is 6.25. The molecule has 4 nitrogen and oxygen atoms in total. The summed E-state index contributed by atoms with van der Waals surface area (Å²) in [7, 11) is 0. The van der Waals surface area contributed by atoms with Crippen LogP contribution in [0.3, 0.4) is 0 Å². The summed E-state index contributed by atoms with van der Waals surface area (Å²) in [6, 6.07) is 0.515. The third-order valence-electron chi connectivity index (χ3n) is 4.79. The first kappa shape index (κ1) is 16.1. The van der Waals surface area contributed by atoms with Crippen LogP contribution in [0.2, 0.25) is 0 Å². The molecule has 0 radical (unpaired) electrons. The third-order valence-corrected chi connectivity index (χ3v) is 6.12. The van der Waals surface area contributed by atoms with Crippen molar-refractivity contribution in [3.05, 3.63) is 0 Å². The Hall–Kier alpha value is -0.260. The van der Waals surface area contributed by atoms with Crippen molar-refractivity contribution < 1.29 is 15.0 Å². The van der Waals surface area contributed by atoms with Crippen LogP contribution in [0.15, 0.2) is 0 Å². The number of aliphatic carboxylic acids is 1. The van der Waals surface area contributed by atoms with Gasteiger partial charge in [-0.25, -0.2) is 0 Å². The second-order valence-corrected chi connectivity index (χ2v) is 7.77. The molecule has 0 aromatic carbocycles. The molecule has 3 N–H and O–H groups in total. The normalized spacial score (nSPS) is 38.0. The van der Waals surface area contributed by atoms with E-state index in [0.717, 1.165) is 5.75 Å². The molecule has 0 aliphatic heterocycles. The van der Waals surface area contributed by atoms with E-state index >= 15 is 0 Å². The Morgan fingerprint density at radius 2 is 2.00 bits per heavy atom. The van der Waals surface area contributed by atoms with E-state index in [4.69, 9.17) is 5.11 Å². The zero-order valence-corrected chi connectivity index (χ0v) is 13.1. The molecule has 116 valence electrons. The summed E-state index contributed by atoms with van der Waals surface area (Å²) in [6.45, 7) is 2.81. The van der Waals surface area contributed by atoms with Gasteiger partial charge in [-0.05, 0) is 44.3 Å². The minimum atomic E-state index is -0.713. The van der Waals surface area contributed by atoms with Crippen molar-refractivity contribution in [1.29, 1.82) is 0 Å². The van der Waals surface area contributed by atoms with E-state index in [1.165, 1.54) is 19.3 Å². The number of hydrogen-bond acceptors (Lipinski definition) is 4. The lowest BCUT2D eigenvalue weighted by Gasteiger charge is -2.36. The van der Waals surface area contributed by atoms with Crippen LogP contribution >= 0.6 is 11.8 Å². The number of aliphatic hydroxyl groups is 1. The number of carbonyl (C=O) groups is 1. The fourth-order valence-electron chi connectivity index (χ4n) is 3.47. The van der Waals surface area contributed by atoms with E-state index in [2.05, 4.69) is 12.2 Å². The summed E-state index contributed by atoms with van der Waals surface area (Å²) in [6.07, 6.45) is 6.16. The Morgan fingerprint density at radius 1 is 1.30 bits per heavy atom. The zero-order valence-electron chi connectivity index (χ0n) is 12.3. The average molecular weight is 301 g/mol. The van der Waals surface area contributed by atoms with Crippen LogP contribution in [0.25, 0.3) is 0 Å². The molecule has 0 aromatic rings. The van der Waals surface area contributed by atoms with Crippen LogP contribution in [-0.4, -0.2) is 45.4 Å². The van der Waals surface area contributed by atoms with E-state index in [-0.39, 0.29) is 5.92 Å². The molecule has 2 unspecified atom stereocenters. The van der Waals surface area contributed by atoms with Gasteiger partial charge in [0.25, 0.3) is 0 Å². The number of thioether (sulfide) groups is 1. The molecule has 2 aliphatic carbocycles. The molecule has 2 aliphatic rings. The van der Waals surface area contributed by atoms with Gasteiger partial charge in [0, 0.05) is 17.8 Å². The Morgan fingerprint density at radius 3 is 2.60 bits per heavy atom. The fraction of sp³-hybridized carbons (Fsp3) is 0.933. The summed E-state index contributed by atoms with van der Waals surface area (Å²) >= 11 is 2.01. The number of carboxylic acids is 1. The van der Waals surface area contributed by atoms with Gasteiger partial charge in [-0.1, -0.05) is 13.3 Å². The standard InChI is InChI=1S/C15H27NO3S/c1-2-20-13-5-3-4-12(13)16-10-15(19)8-6-11(7-9-15)14(17)18/h11-13,16,19H,2-10H2,1H3,(H,17,18). The van der Waals surface area contributed by atoms with Gasteiger partial charge in [0.2, 0.25) is 0 Å². The Balaban J connectivity index is 1.77. The fourth-order valence-corrected chi connectivity index (χ4v) is 4.70. The molecule has 0 aromatic heterocycles. The van der Waals surface area contributed by atoms with Gasteiger partial charge in [-0.15, -0.1) is 0 Å². The number of hydrogen-bond donors (Lipinski definition) is 3. The highest BCUT2D eigenvalue weighted by Gasteiger charge is 2.37. The maximum atomic E-state index is 10.9. The maximum absolute atomic E-state index is 10.9. The quantitative estimate of drug-likeness (QED) is 0.702. The summed E-state index contributed by atoms with van der Waals surface area (Å²) in [5.41, 5.74) is -0.698. The average Bonchev–Trinajstić information content (AvgIpc) is 2.85. The lowest BCUT2D eigenvalue weighted by atomic mass is 9.78. The molecule has 2 saturated carbocycles. The smallest absolute Gasteiger partial charge is 0.306 e. The second kappa shape index (κ2) is 7.14. The van der Waals surface area contributed by atoms with E-state index in [1.54, 1.807) is 0 Å². The van der Waals surface area contributed by atoms with Crippen molar-refractivity contribution >= 4 is 17.7 Å². The first-order chi connectivity index (χ1) is 9.54. The third kappa shape index (κ3) is 4.12. The lowest BCUT2D eigenvalue weighted by Crippen LogP contribution is -2.48. The molecular weight excluding hydrogens is 274 g/mol. The van der Waals surface area contributed by atoms with Gasteiger partial charge in [0.05, 0.1) is 11.5 Å². The number of carboxylic acid groups (broad SMARTS) is 1. The van der Waals surface area contributed by atoms with Crippen molar-refractivity contribution in [2.75, 3.05) is 12.3 Å². The van der Waals surface area contributed by atoms with Gasteiger partial charge < -0.3 is 15.5 Å². The van der Waals surface area contributed by atoms with Crippen LogP contribution in [-0.2, 0) is 4.79 Å². The molecule has 2 fully saturated rings. The van der Waals surface area contributed by atoms with Crippen LogP contribution in [0.1, 0.15) is 51.9 Å². The summed E-state index contributed by atoms with van der Waals surface area (Å²) < 4.78 is 0. The van der Waals surface area contributed by atoms with E-state index in [0.29, 0.717) is 43.5 Å². The molecule has 0 heterocycles. The van der Waals surface area contributed by atoms with Crippen molar-refractivity contribution in [2.24, 2.45) is 5.92 Å². The van der Waals surface area contributed by atoms with Gasteiger partial charge in [0.15, 0.2) is 0 Å². The van der Waals surface area contributed by atoms with Crippen molar-refractivity contribution in [1.82, 2.24) is 5.32 Å². The molecule has 0 bridgehead atoms. The first-order valence-electron chi connectivity index (χ1n) is 7.84. The predicted octanol–water partition coefficient (Wildman–Crippen LogP) is 2.26. The van der Waals surface area contributed by atoms with Gasteiger partial charge in [0.1, 0.15) is 0 Å². The minimum absolute atomic E-state index is 0.259. The van der Waals surface area contributed by atoms with Crippen molar-refractivity contribution in [3.8, 4) is 0 Å². The van der Waals surface area contributed by atoms with Crippen molar-refractivity contribution in [2.45, 2.75) is 68.8 Å². The van der Waals surface area contributed by atoms with Gasteiger partial charge in [-0.2, -0.15) is 11.8 Å².